The summed E-state index contributed by atoms with van der Waals surface area (Å²) in [4.78, 5) is 40.8. The zero-order chi connectivity index (χ0) is 29.7. The van der Waals surface area contributed by atoms with Crippen molar-refractivity contribution >= 4 is 35.1 Å². The van der Waals surface area contributed by atoms with Crippen molar-refractivity contribution in [1.29, 1.82) is 0 Å². The van der Waals surface area contributed by atoms with Gasteiger partial charge in [0.1, 0.15) is 0 Å². The minimum atomic E-state index is -5.08. The molecule has 0 atom stereocenters. The van der Waals surface area contributed by atoms with E-state index in [0.717, 1.165) is 55.5 Å². The summed E-state index contributed by atoms with van der Waals surface area (Å²) in [5.74, 6) is -2.86. The van der Waals surface area contributed by atoms with Gasteiger partial charge in [-0.2, -0.15) is 13.2 Å². The Morgan fingerprint density at radius 1 is 0.950 bits per heavy atom. The number of anilines is 2. The lowest BCUT2D eigenvalue weighted by atomic mass is 10.1. The second kappa shape index (κ2) is 15.5. The first-order valence-electron chi connectivity index (χ1n) is 12.6. The van der Waals surface area contributed by atoms with Crippen molar-refractivity contribution in [2.24, 2.45) is 4.99 Å². The first-order chi connectivity index (χ1) is 18.9. The highest BCUT2D eigenvalue weighted by molar-refractivity contribution is 5.95. The number of ether oxygens (including phenoxy) is 1. The van der Waals surface area contributed by atoms with E-state index < -0.39 is 18.1 Å². The number of benzene rings is 2. The normalized spacial score (nSPS) is 13.8. The summed E-state index contributed by atoms with van der Waals surface area (Å²) in [6.07, 6.45) is -4.25. The number of rotatable bonds is 9. The topological polar surface area (TPSA) is 132 Å². The zero-order valence-electron chi connectivity index (χ0n) is 22.3. The van der Waals surface area contributed by atoms with Gasteiger partial charge in [-0.25, -0.2) is 9.59 Å². The molecule has 218 valence electrons. The molecular weight excluding hydrogens is 533 g/mol. The zero-order valence-corrected chi connectivity index (χ0v) is 22.3. The van der Waals surface area contributed by atoms with Gasteiger partial charge < -0.3 is 30.1 Å². The van der Waals surface area contributed by atoms with Crippen LogP contribution in [0.1, 0.15) is 41.0 Å². The number of carbonyl (C=O) groups excluding carboxylic acids is 1. The summed E-state index contributed by atoms with van der Waals surface area (Å²) >= 11 is 0. The van der Waals surface area contributed by atoms with Crippen molar-refractivity contribution < 1.29 is 42.5 Å². The van der Waals surface area contributed by atoms with E-state index in [0.29, 0.717) is 19.8 Å². The van der Waals surface area contributed by atoms with Crippen LogP contribution in [0.2, 0.25) is 0 Å². The van der Waals surface area contributed by atoms with Gasteiger partial charge in [0.05, 0.1) is 5.56 Å². The minimum Gasteiger partial charge on any atom is -0.478 e. The number of carboxylic acid groups (broad SMARTS) is 2. The predicted molar refractivity (Wildman–Crippen MR) is 144 cm³/mol. The maximum atomic E-state index is 11.5. The van der Waals surface area contributed by atoms with E-state index >= 15 is 0 Å². The predicted octanol–water partition coefficient (Wildman–Crippen LogP) is 4.24. The maximum Gasteiger partial charge on any atom is 0.490 e. The smallest absolute Gasteiger partial charge is 0.478 e. The van der Waals surface area contributed by atoms with Crippen molar-refractivity contribution in [2.75, 3.05) is 56.2 Å². The van der Waals surface area contributed by atoms with Crippen LogP contribution in [0.15, 0.2) is 53.5 Å². The van der Waals surface area contributed by atoms with Crippen molar-refractivity contribution in [1.82, 2.24) is 4.90 Å². The summed E-state index contributed by atoms with van der Waals surface area (Å²) in [5.41, 5.74) is 2.87. The van der Waals surface area contributed by atoms with Crippen molar-refractivity contribution in [3.8, 4) is 0 Å². The summed E-state index contributed by atoms with van der Waals surface area (Å²) < 4.78 is 37.2. The number of guanidine groups is 1. The number of carboxylic acids is 2. The van der Waals surface area contributed by atoms with Crippen LogP contribution in [0.3, 0.4) is 0 Å². The summed E-state index contributed by atoms with van der Waals surface area (Å²) in [6.45, 7) is 8.80. The Labute approximate surface area is 230 Å². The molecule has 1 aliphatic heterocycles. The molecule has 1 aliphatic rings. The molecule has 40 heavy (non-hydrogen) atoms. The molecule has 1 heterocycles. The maximum absolute atomic E-state index is 11.5. The van der Waals surface area contributed by atoms with E-state index in [1.807, 2.05) is 31.2 Å². The monoisotopic (exact) mass is 566 g/mol. The Bertz CT molecular complexity index is 1150. The molecule has 2 aromatic carbocycles. The van der Waals surface area contributed by atoms with Crippen molar-refractivity contribution in [3.05, 3.63) is 59.7 Å². The van der Waals surface area contributed by atoms with Gasteiger partial charge in [0.15, 0.2) is 11.7 Å². The lowest BCUT2D eigenvalue weighted by Gasteiger charge is -2.37. The number of hydrogen-bond acceptors (Lipinski definition) is 6. The number of Topliss-reactive ketones (excluding diaryl/α,β-unsaturated/α-hetero) is 1. The molecule has 0 aliphatic carbocycles. The number of nitrogens with zero attached hydrogens (tertiary/aromatic N) is 3. The first kappa shape index (κ1) is 32.1. The molecule has 0 unspecified atom stereocenters. The Morgan fingerprint density at radius 3 is 1.98 bits per heavy atom. The van der Waals surface area contributed by atoms with Gasteiger partial charge in [-0.1, -0.05) is 0 Å². The highest BCUT2D eigenvalue weighted by Gasteiger charge is 2.38. The largest absolute Gasteiger partial charge is 0.490 e. The fraction of sp³-hybridized carbons (Fsp3) is 0.407. The Morgan fingerprint density at radius 2 is 1.50 bits per heavy atom. The number of aliphatic imine (C=N–C) groups is 1. The van der Waals surface area contributed by atoms with E-state index in [2.05, 4.69) is 15.1 Å². The molecule has 0 aromatic heterocycles. The second-order valence-electron chi connectivity index (χ2n) is 8.64. The van der Waals surface area contributed by atoms with E-state index in [-0.39, 0.29) is 11.3 Å². The van der Waals surface area contributed by atoms with Crippen LogP contribution in [0.5, 0.6) is 0 Å². The molecule has 13 heteroatoms. The van der Waals surface area contributed by atoms with Crippen LogP contribution >= 0.6 is 0 Å². The molecule has 0 radical (unpaired) electrons. The van der Waals surface area contributed by atoms with Crippen LogP contribution in [0, 0.1) is 0 Å². The molecule has 1 fully saturated rings. The number of aromatic carboxylic acids is 1. The van der Waals surface area contributed by atoms with E-state index in [1.54, 1.807) is 31.2 Å². The van der Waals surface area contributed by atoms with Crippen molar-refractivity contribution in [3.63, 3.8) is 0 Å². The third-order valence-electron chi connectivity index (χ3n) is 5.76. The molecule has 10 nitrogen and oxygen atoms in total. The minimum absolute atomic E-state index is 0.0685. The van der Waals surface area contributed by atoms with Gasteiger partial charge in [0.2, 0.25) is 0 Å². The lowest BCUT2D eigenvalue weighted by Crippen LogP contribution is -2.50. The molecule has 0 spiro atoms. The molecule has 0 bridgehead atoms. The molecule has 0 saturated carbocycles. The third-order valence-corrected chi connectivity index (χ3v) is 5.76. The average Bonchev–Trinajstić information content (AvgIpc) is 2.92. The summed E-state index contributed by atoms with van der Waals surface area (Å²) in [5, 5.41) is 19.6. The van der Waals surface area contributed by atoms with Crippen molar-refractivity contribution in [2.45, 2.75) is 26.4 Å². The van der Waals surface area contributed by atoms with Gasteiger partial charge >= 0.3 is 18.1 Å². The van der Waals surface area contributed by atoms with Crippen LogP contribution in [-0.2, 0) is 9.53 Å². The standard InChI is InChI=1S/C25H32N4O4.C2HF3O2/c1-3-33-18-4-13-26-25(27-22-9-5-21(6-10-22)24(31)32)29-16-14-28(15-17-29)23-11-7-20(8-12-23)19(2)30;3-2(4,5)1(6)7/h5-12H,3-4,13-18H2,1-2H3,(H,26,27)(H,31,32);(H,6,7). The molecule has 1 saturated heterocycles. The third kappa shape index (κ3) is 10.6. The summed E-state index contributed by atoms with van der Waals surface area (Å²) in [6, 6.07) is 14.4. The number of ketones is 1. The van der Waals surface area contributed by atoms with Crippen LogP contribution in [0.4, 0.5) is 24.5 Å². The Balaban J connectivity index is 0.000000708. The number of hydrogen-bond donors (Lipinski definition) is 3. The van der Waals surface area contributed by atoms with Crippen LogP contribution < -0.4 is 10.2 Å². The van der Waals surface area contributed by atoms with Crippen LogP contribution in [-0.4, -0.2) is 90.9 Å². The van der Waals surface area contributed by atoms with E-state index in [4.69, 9.17) is 24.7 Å². The van der Waals surface area contributed by atoms with Gasteiger partial charge in [-0.15, -0.1) is 0 Å². The molecule has 0 amide bonds. The molecule has 3 N–H and O–H groups in total. The molecular formula is C27H33F3N4O6. The quantitative estimate of drug-likeness (QED) is 0.177. The fourth-order valence-corrected chi connectivity index (χ4v) is 3.62. The fourth-order valence-electron chi connectivity index (χ4n) is 3.62. The highest BCUT2D eigenvalue weighted by atomic mass is 19.4. The number of nitrogens with one attached hydrogen (secondary N) is 1. The number of halogens is 3. The highest BCUT2D eigenvalue weighted by Crippen LogP contribution is 2.19. The lowest BCUT2D eigenvalue weighted by molar-refractivity contribution is -0.192. The molecule has 3 rings (SSSR count). The average molecular weight is 567 g/mol. The van der Waals surface area contributed by atoms with Gasteiger partial charge in [-0.05, 0) is 68.8 Å². The number of alkyl halides is 3. The SMILES string of the molecule is CCOCCCN=C(Nc1ccc(C(=O)O)cc1)N1CCN(c2ccc(C(C)=O)cc2)CC1.O=C(O)C(F)(F)F. The van der Waals surface area contributed by atoms with Gasteiger partial charge in [0.25, 0.3) is 0 Å². The number of piperazine rings is 1. The van der Waals surface area contributed by atoms with Gasteiger partial charge in [-0.3, -0.25) is 9.79 Å². The summed E-state index contributed by atoms with van der Waals surface area (Å²) in [7, 11) is 0. The first-order valence-corrected chi connectivity index (χ1v) is 12.6. The van der Waals surface area contributed by atoms with Gasteiger partial charge in [0, 0.05) is 62.9 Å². The van der Waals surface area contributed by atoms with E-state index in [9.17, 15) is 22.8 Å². The Hall–Kier alpha value is -4.13. The van der Waals surface area contributed by atoms with Crippen LogP contribution in [0.25, 0.3) is 0 Å². The number of carbonyl (C=O) groups is 3. The Kier molecular flexibility index (Phi) is 12.4. The molecule has 2 aromatic rings. The number of aliphatic carboxylic acids is 1. The van der Waals surface area contributed by atoms with E-state index in [1.165, 1.54) is 0 Å². The second-order valence-corrected chi connectivity index (χ2v) is 8.64.